The highest BCUT2D eigenvalue weighted by atomic mass is 16.5. The second-order valence-corrected chi connectivity index (χ2v) is 7.25. The first-order valence-corrected chi connectivity index (χ1v) is 9.87. The first-order valence-electron chi connectivity index (χ1n) is 9.87. The van der Waals surface area contributed by atoms with Crippen LogP contribution in [-0.4, -0.2) is 59.7 Å². The Morgan fingerprint density at radius 3 is 2.46 bits per heavy atom. The third-order valence-electron chi connectivity index (χ3n) is 5.77. The number of fused-ring (bicyclic) bond motifs is 1. The average Bonchev–Trinajstić information content (AvgIpc) is 2.76. The summed E-state index contributed by atoms with van der Waals surface area (Å²) in [5.41, 5.74) is 2.10. The quantitative estimate of drug-likeness (QED) is 0.735. The van der Waals surface area contributed by atoms with Gasteiger partial charge in [0.25, 0.3) is 0 Å². The van der Waals surface area contributed by atoms with E-state index in [4.69, 9.17) is 4.74 Å². The zero-order chi connectivity index (χ0) is 19.5. The van der Waals surface area contributed by atoms with Gasteiger partial charge in [0.1, 0.15) is 11.5 Å². The van der Waals surface area contributed by atoms with Crippen molar-refractivity contribution >= 4 is 10.8 Å². The minimum absolute atomic E-state index is 0.00229. The molecule has 1 aliphatic rings. The summed E-state index contributed by atoms with van der Waals surface area (Å²) in [6, 6.07) is 14.2. The number of ether oxygens (including phenoxy) is 1. The van der Waals surface area contributed by atoms with E-state index in [-0.39, 0.29) is 6.04 Å². The van der Waals surface area contributed by atoms with E-state index in [1.165, 1.54) is 0 Å². The van der Waals surface area contributed by atoms with Crippen molar-refractivity contribution in [2.75, 3.05) is 39.8 Å². The number of phenols is 1. The van der Waals surface area contributed by atoms with Crippen LogP contribution in [0, 0.1) is 0 Å². The number of rotatable bonds is 5. The smallest absolute Gasteiger partial charge is 0.128 e. The number of hydrogen-bond donors (Lipinski definition) is 1. The van der Waals surface area contributed by atoms with E-state index in [9.17, 15) is 5.11 Å². The minimum atomic E-state index is 0.00229. The number of hydrogen-bond acceptors (Lipinski definition) is 5. The number of methoxy groups -OCH3 is 1. The molecule has 1 unspecified atom stereocenters. The second-order valence-electron chi connectivity index (χ2n) is 7.25. The van der Waals surface area contributed by atoms with Crippen LogP contribution >= 0.6 is 0 Å². The molecular formula is C23H27N3O2. The van der Waals surface area contributed by atoms with Crippen molar-refractivity contribution in [1.82, 2.24) is 14.8 Å². The maximum atomic E-state index is 11.1. The molecule has 2 aromatic carbocycles. The Kier molecular flexibility index (Phi) is 5.46. The van der Waals surface area contributed by atoms with E-state index in [1.807, 2.05) is 24.3 Å². The largest absolute Gasteiger partial charge is 0.507 e. The van der Waals surface area contributed by atoms with Gasteiger partial charge in [0.15, 0.2) is 0 Å². The molecule has 28 heavy (non-hydrogen) atoms. The predicted octanol–water partition coefficient (Wildman–Crippen LogP) is 3.68. The maximum Gasteiger partial charge on any atom is 0.128 e. The van der Waals surface area contributed by atoms with Gasteiger partial charge in [0.2, 0.25) is 0 Å². The van der Waals surface area contributed by atoms with E-state index in [0.29, 0.717) is 5.75 Å². The number of phenolic OH excluding ortho intramolecular Hbond substituents is 1. The van der Waals surface area contributed by atoms with Crippen molar-refractivity contribution in [3.8, 4) is 11.5 Å². The van der Waals surface area contributed by atoms with Crippen molar-refractivity contribution in [1.29, 1.82) is 0 Å². The van der Waals surface area contributed by atoms with Crippen molar-refractivity contribution in [3.63, 3.8) is 0 Å². The van der Waals surface area contributed by atoms with Crippen LogP contribution in [0.15, 0.2) is 54.9 Å². The summed E-state index contributed by atoms with van der Waals surface area (Å²) >= 11 is 0. The van der Waals surface area contributed by atoms with Crippen molar-refractivity contribution < 1.29 is 9.84 Å². The SMILES string of the molecule is CCN1CCN(C(c2ccc(OC)cc2)c2ccc3cnccc3c2O)CC1. The molecule has 0 saturated carbocycles. The fraction of sp³-hybridized carbons (Fsp3) is 0.348. The van der Waals surface area contributed by atoms with Crippen LogP contribution in [0.3, 0.4) is 0 Å². The molecule has 2 heterocycles. The lowest BCUT2D eigenvalue weighted by molar-refractivity contribution is 0.112. The lowest BCUT2D eigenvalue weighted by Gasteiger charge is -2.39. The van der Waals surface area contributed by atoms with E-state index in [0.717, 1.165) is 60.4 Å². The Labute approximate surface area is 166 Å². The van der Waals surface area contributed by atoms with Crippen LogP contribution in [0.2, 0.25) is 0 Å². The molecular weight excluding hydrogens is 350 g/mol. The van der Waals surface area contributed by atoms with Gasteiger partial charge >= 0.3 is 0 Å². The molecule has 1 aromatic heterocycles. The number of pyridine rings is 1. The molecule has 1 aliphatic heterocycles. The van der Waals surface area contributed by atoms with Crippen LogP contribution < -0.4 is 4.74 Å². The number of benzene rings is 2. The van der Waals surface area contributed by atoms with Gasteiger partial charge in [-0.2, -0.15) is 0 Å². The summed E-state index contributed by atoms with van der Waals surface area (Å²) in [4.78, 5) is 9.11. The van der Waals surface area contributed by atoms with Gasteiger partial charge in [0.05, 0.1) is 13.2 Å². The van der Waals surface area contributed by atoms with Gasteiger partial charge in [-0.05, 0) is 30.3 Å². The molecule has 0 aliphatic carbocycles. The van der Waals surface area contributed by atoms with Crippen LogP contribution in [0.25, 0.3) is 10.8 Å². The average molecular weight is 377 g/mol. The van der Waals surface area contributed by atoms with Crippen LogP contribution in [-0.2, 0) is 0 Å². The van der Waals surface area contributed by atoms with E-state index in [1.54, 1.807) is 19.5 Å². The summed E-state index contributed by atoms with van der Waals surface area (Å²) in [6.07, 6.45) is 3.52. The zero-order valence-electron chi connectivity index (χ0n) is 16.5. The fourth-order valence-corrected chi connectivity index (χ4v) is 4.10. The highest BCUT2D eigenvalue weighted by Gasteiger charge is 2.28. The minimum Gasteiger partial charge on any atom is -0.507 e. The first-order chi connectivity index (χ1) is 13.7. The second kappa shape index (κ2) is 8.17. The molecule has 0 bridgehead atoms. The number of likely N-dealkylation sites (N-methyl/N-ethyl adjacent to an activating group) is 1. The number of aromatic nitrogens is 1. The zero-order valence-corrected chi connectivity index (χ0v) is 16.5. The molecule has 1 N–H and O–H groups in total. The van der Waals surface area contributed by atoms with Gasteiger partial charge in [-0.15, -0.1) is 0 Å². The molecule has 3 aromatic rings. The molecule has 0 spiro atoms. The Bertz CT molecular complexity index is 934. The number of nitrogens with zero attached hydrogens (tertiary/aromatic N) is 3. The Morgan fingerprint density at radius 2 is 1.79 bits per heavy atom. The molecule has 1 fully saturated rings. The van der Waals surface area contributed by atoms with Gasteiger partial charge in [-0.3, -0.25) is 9.88 Å². The van der Waals surface area contributed by atoms with Crippen molar-refractivity contribution in [2.24, 2.45) is 0 Å². The lowest BCUT2D eigenvalue weighted by atomic mass is 9.93. The highest BCUT2D eigenvalue weighted by Crippen LogP contribution is 2.39. The summed E-state index contributed by atoms with van der Waals surface area (Å²) < 4.78 is 5.33. The van der Waals surface area contributed by atoms with Crippen molar-refractivity contribution in [3.05, 3.63) is 66.0 Å². The maximum absolute atomic E-state index is 11.1. The van der Waals surface area contributed by atoms with Crippen LogP contribution in [0.4, 0.5) is 0 Å². The Balaban J connectivity index is 1.77. The van der Waals surface area contributed by atoms with Crippen LogP contribution in [0.1, 0.15) is 24.1 Å². The summed E-state index contributed by atoms with van der Waals surface area (Å²) in [5.74, 6) is 1.19. The van der Waals surface area contributed by atoms with Gasteiger partial charge in [-0.1, -0.05) is 31.2 Å². The Hall–Kier alpha value is -2.63. The van der Waals surface area contributed by atoms with Crippen molar-refractivity contribution in [2.45, 2.75) is 13.0 Å². The molecule has 5 nitrogen and oxygen atoms in total. The van der Waals surface area contributed by atoms with Gasteiger partial charge in [0, 0.05) is 54.9 Å². The van der Waals surface area contributed by atoms with E-state index in [2.05, 4.69) is 39.9 Å². The van der Waals surface area contributed by atoms with Gasteiger partial charge < -0.3 is 14.7 Å². The standard InChI is InChI=1S/C23H27N3O2/c1-3-25-12-14-26(15-13-25)22(17-4-7-19(28-2)8-5-17)21-9-6-18-16-24-11-10-20(18)23(21)27/h4-11,16,22,27H,3,12-15H2,1-2H3. The predicted molar refractivity (Wildman–Crippen MR) is 112 cm³/mol. The number of aromatic hydroxyl groups is 1. The number of piperazine rings is 1. The monoisotopic (exact) mass is 377 g/mol. The van der Waals surface area contributed by atoms with E-state index < -0.39 is 0 Å². The summed E-state index contributed by atoms with van der Waals surface area (Å²) in [7, 11) is 1.68. The normalized spacial score (nSPS) is 16.9. The summed E-state index contributed by atoms with van der Waals surface area (Å²) in [5, 5.41) is 12.9. The fourth-order valence-electron chi connectivity index (χ4n) is 4.10. The Morgan fingerprint density at radius 1 is 1.04 bits per heavy atom. The molecule has 146 valence electrons. The third kappa shape index (κ3) is 3.55. The molecule has 1 saturated heterocycles. The van der Waals surface area contributed by atoms with Gasteiger partial charge in [-0.25, -0.2) is 0 Å². The lowest BCUT2D eigenvalue weighted by Crippen LogP contribution is -2.47. The topological polar surface area (TPSA) is 48.8 Å². The molecule has 1 atom stereocenters. The first kappa shape index (κ1) is 18.7. The highest BCUT2D eigenvalue weighted by molar-refractivity contribution is 5.88. The third-order valence-corrected chi connectivity index (χ3v) is 5.77. The molecule has 0 amide bonds. The van der Waals surface area contributed by atoms with E-state index >= 15 is 0 Å². The van der Waals surface area contributed by atoms with Crippen LogP contribution in [0.5, 0.6) is 11.5 Å². The molecule has 4 rings (SSSR count). The molecule has 5 heteroatoms. The molecule has 0 radical (unpaired) electrons. The summed E-state index contributed by atoms with van der Waals surface area (Å²) in [6.45, 7) is 7.31.